The van der Waals surface area contributed by atoms with Gasteiger partial charge in [-0.05, 0) is 42.7 Å². The van der Waals surface area contributed by atoms with Crippen LogP contribution in [-0.2, 0) is 16.4 Å². The Morgan fingerprint density at radius 1 is 1.27 bits per heavy atom. The summed E-state index contributed by atoms with van der Waals surface area (Å²) in [6.45, 7) is 2.18. The van der Waals surface area contributed by atoms with Crippen LogP contribution in [0.1, 0.15) is 34.5 Å². The highest BCUT2D eigenvalue weighted by molar-refractivity contribution is 7.89. The van der Waals surface area contributed by atoms with Gasteiger partial charge in [-0.1, -0.05) is 24.3 Å². The van der Waals surface area contributed by atoms with Crippen LogP contribution in [0.5, 0.6) is 0 Å². The minimum absolute atomic E-state index is 0.00739. The first-order valence-electron chi connectivity index (χ1n) is 8.40. The van der Waals surface area contributed by atoms with Crippen LogP contribution in [-0.4, -0.2) is 39.4 Å². The smallest absolute Gasteiger partial charge is 0.240 e. The number of rotatable bonds is 6. The first-order chi connectivity index (χ1) is 12.3. The third-order valence-corrected chi connectivity index (χ3v) is 6.05. The van der Waals surface area contributed by atoms with Crippen molar-refractivity contribution in [2.24, 2.45) is 0 Å². The van der Waals surface area contributed by atoms with E-state index in [1.807, 2.05) is 25.2 Å². The zero-order valence-corrected chi connectivity index (χ0v) is 15.6. The second kappa shape index (κ2) is 7.19. The molecule has 1 atom stereocenters. The van der Waals surface area contributed by atoms with E-state index >= 15 is 0 Å². The Bertz CT molecular complexity index is 940. The summed E-state index contributed by atoms with van der Waals surface area (Å²) in [5, 5.41) is 10.4. The number of aliphatic hydroxyl groups excluding tert-OH is 1. The summed E-state index contributed by atoms with van der Waals surface area (Å²) in [5.74, 6) is -0.204. The van der Waals surface area contributed by atoms with Gasteiger partial charge in [0.25, 0.3) is 0 Å². The predicted molar refractivity (Wildman–Crippen MR) is 100 cm³/mol. The minimum atomic E-state index is -3.81. The van der Waals surface area contributed by atoms with Crippen molar-refractivity contribution in [2.75, 3.05) is 25.0 Å². The standard InChI is InChI=1S/C19H22N2O4S/c1-13(22)14-4-3-5-17(11-14)26(24,25)20-12-19(23)16-6-7-18-15(10-16)8-9-21(18)2/h3-7,10-11,19-20,23H,8-9,12H2,1-2H3. The number of nitrogens with zero attached hydrogens (tertiary/aromatic N) is 1. The van der Waals surface area contributed by atoms with E-state index in [0.29, 0.717) is 11.1 Å². The zero-order chi connectivity index (χ0) is 18.9. The highest BCUT2D eigenvalue weighted by Gasteiger charge is 2.20. The number of hydrogen-bond acceptors (Lipinski definition) is 5. The molecular formula is C19H22N2O4S. The first-order valence-corrected chi connectivity index (χ1v) is 9.89. The molecule has 1 unspecified atom stereocenters. The van der Waals surface area contributed by atoms with Gasteiger partial charge in [-0.2, -0.15) is 0 Å². The van der Waals surface area contributed by atoms with E-state index in [2.05, 4.69) is 9.62 Å². The number of fused-ring (bicyclic) bond motifs is 1. The van der Waals surface area contributed by atoms with Crippen LogP contribution in [0.25, 0.3) is 0 Å². The molecule has 1 heterocycles. The minimum Gasteiger partial charge on any atom is -0.387 e. The molecule has 2 aromatic carbocycles. The third-order valence-electron chi connectivity index (χ3n) is 4.63. The maximum absolute atomic E-state index is 12.4. The van der Waals surface area contributed by atoms with Gasteiger partial charge < -0.3 is 10.0 Å². The molecule has 6 nitrogen and oxygen atoms in total. The molecule has 0 radical (unpaired) electrons. The molecule has 0 aromatic heterocycles. The number of anilines is 1. The second-order valence-electron chi connectivity index (χ2n) is 6.51. The summed E-state index contributed by atoms with van der Waals surface area (Å²) in [5.41, 5.74) is 3.30. The van der Waals surface area contributed by atoms with Gasteiger partial charge >= 0.3 is 0 Å². The molecule has 0 fully saturated rings. The lowest BCUT2D eigenvalue weighted by atomic mass is 10.0. The van der Waals surface area contributed by atoms with Crippen molar-refractivity contribution in [1.82, 2.24) is 4.72 Å². The Kier molecular flexibility index (Phi) is 5.13. The average molecular weight is 374 g/mol. The quantitative estimate of drug-likeness (QED) is 0.754. The van der Waals surface area contributed by atoms with Gasteiger partial charge in [0.1, 0.15) is 0 Å². The number of Topliss-reactive ketones (excluding diaryl/α,β-unsaturated/α-hetero) is 1. The lowest BCUT2D eigenvalue weighted by Gasteiger charge is -2.16. The van der Waals surface area contributed by atoms with E-state index in [-0.39, 0.29) is 17.2 Å². The molecule has 1 aliphatic rings. The van der Waals surface area contributed by atoms with Crippen LogP contribution in [0, 0.1) is 0 Å². The lowest BCUT2D eigenvalue weighted by molar-refractivity contribution is 0.101. The predicted octanol–water partition coefficient (Wildman–Crippen LogP) is 1.89. The molecule has 26 heavy (non-hydrogen) atoms. The van der Waals surface area contributed by atoms with Crippen LogP contribution in [0.2, 0.25) is 0 Å². The van der Waals surface area contributed by atoms with Gasteiger partial charge in [-0.25, -0.2) is 13.1 Å². The van der Waals surface area contributed by atoms with E-state index in [1.165, 1.54) is 25.1 Å². The molecule has 1 aliphatic heterocycles. The maximum atomic E-state index is 12.4. The number of sulfonamides is 1. The Hall–Kier alpha value is -2.22. The molecule has 0 saturated carbocycles. The topological polar surface area (TPSA) is 86.7 Å². The Morgan fingerprint density at radius 2 is 2.04 bits per heavy atom. The van der Waals surface area contributed by atoms with Crippen LogP contribution in [0.3, 0.4) is 0 Å². The highest BCUT2D eigenvalue weighted by atomic mass is 32.2. The second-order valence-corrected chi connectivity index (χ2v) is 8.28. The number of aliphatic hydroxyl groups is 1. The van der Waals surface area contributed by atoms with E-state index < -0.39 is 16.1 Å². The normalized spacial score (nSPS) is 15.0. The Morgan fingerprint density at radius 3 is 2.77 bits per heavy atom. The van der Waals surface area contributed by atoms with Crippen molar-refractivity contribution in [1.29, 1.82) is 0 Å². The van der Waals surface area contributed by atoms with Gasteiger partial charge in [0.05, 0.1) is 11.0 Å². The largest absolute Gasteiger partial charge is 0.387 e. The molecule has 2 N–H and O–H groups in total. The fourth-order valence-electron chi connectivity index (χ4n) is 3.07. The highest BCUT2D eigenvalue weighted by Crippen LogP contribution is 2.29. The van der Waals surface area contributed by atoms with Crippen molar-refractivity contribution < 1.29 is 18.3 Å². The number of carbonyl (C=O) groups excluding carboxylic acids is 1. The fraction of sp³-hybridized carbons (Fsp3) is 0.316. The molecule has 0 saturated heterocycles. The molecule has 0 amide bonds. The molecule has 138 valence electrons. The number of hydrogen-bond donors (Lipinski definition) is 2. The van der Waals surface area contributed by atoms with Crippen LogP contribution >= 0.6 is 0 Å². The molecule has 0 aliphatic carbocycles. The Labute approximate surface area is 153 Å². The fourth-order valence-corrected chi connectivity index (χ4v) is 4.15. The maximum Gasteiger partial charge on any atom is 0.240 e. The number of benzene rings is 2. The molecular weight excluding hydrogens is 352 g/mol. The van der Waals surface area contributed by atoms with Crippen molar-refractivity contribution in [2.45, 2.75) is 24.3 Å². The van der Waals surface area contributed by atoms with Gasteiger partial charge in [-0.15, -0.1) is 0 Å². The number of ketones is 1. The number of carbonyl (C=O) groups is 1. The molecule has 3 rings (SSSR count). The van der Waals surface area contributed by atoms with Crippen molar-refractivity contribution in [3.05, 3.63) is 59.2 Å². The van der Waals surface area contributed by atoms with Crippen LogP contribution in [0.4, 0.5) is 5.69 Å². The summed E-state index contributed by atoms with van der Waals surface area (Å²) in [7, 11) is -1.79. The van der Waals surface area contributed by atoms with Gasteiger partial charge in [0.2, 0.25) is 10.0 Å². The number of nitrogens with one attached hydrogen (secondary N) is 1. The van der Waals surface area contributed by atoms with Crippen LogP contribution < -0.4 is 9.62 Å². The monoisotopic (exact) mass is 374 g/mol. The first kappa shape index (κ1) is 18.6. The van der Waals surface area contributed by atoms with Crippen molar-refractivity contribution in [3.63, 3.8) is 0 Å². The SMILES string of the molecule is CC(=O)c1cccc(S(=O)(=O)NCC(O)c2ccc3c(c2)CCN3C)c1. The van der Waals surface area contributed by atoms with Crippen LogP contribution in [0.15, 0.2) is 47.4 Å². The summed E-state index contributed by atoms with van der Waals surface area (Å²) in [6, 6.07) is 11.5. The van der Waals surface area contributed by atoms with E-state index in [0.717, 1.165) is 24.2 Å². The van der Waals surface area contributed by atoms with Gasteiger partial charge in [-0.3, -0.25) is 4.79 Å². The summed E-state index contributed by atoms with van der Waals surface area (Å²) in [4.78, 5) is 13.6. The Balaban J connectivity index is 1.72. The van der Waals surface area contributed by atoms with E-state index in [1.54, 1.807) is 6.07 Å². The third kappa shape index (κ3) is 3.80. The lowest BCUT2D eigenvalue weighted by Crippen LogP contribution is -2.28. The average Bonchev–Trinajstić information content (AvgIpc) is 3.00. The van der Waals surface area contributed by atoms with E-state index in [4.69, 9.17) is 0 Å². The molecule has 2 aromatic rings. The van der Waals surface area contributed by atoms with Gasteiger partial charge in [0.15, 0.2) is 5.78 Å². The summed E-state index contributed by atoms with van der Waals surface area (Å²) >= 11 is 0. The summed E-state index contributed by atoms with van der Waals surface area (Å²) in [6.07, 6.45) is -0.0346. The molecule has 0 bridgehead atoms. The molecule has 7 heteroatoms. The van der Waals surface area contributed by atoms with Gasteiger partial charge in [0, 0.05) is 31.4 Å². The molecule has 0 spiro atoms. The van der Waals surface area contributed by atoms with E-state index in [9.17, 15) is 18.3 Å². The van der Waals surface area contributed by atoms with Crippen molar-refractivity contribution >= 4 is 21.5 Å². The zero-order valence-electron chi connectivity index (χ0n) is 14.8. The summed E-state index contributed by atoms with van der Waals surface area (Å²) < 4.78 is 27.3. The number of likely N-dealkylation sites (N-methyl/N-ethyl adjacent to an activating group) is 1. The van der Waals surface area contributed by atoms with Crippen molar-refractivity contribution in [3.8, 4) is 0 Å².